The van der Waals surface area contributed by atoms with Gasteiger partial charge in [-0.25, -0.2) is 9.78 Å². The largest absolute Gasteiger partial charge is 0.488 e. The Kier molecular flexibility index (Phi) is 6.83. The standard InChI is InChI=1S/C30H22ClNO4/c31-24-13-7-12-22(14-24)23-15-25-27(35-18-20-8-3-1-4-9-20)17-26(30(33)34)32-29(25)28(16-23)36-19-21-10-5-2-6-11-21/h1-17H,18-19H2,(H,33,34). The van der Waals surface area contributed by atoms with E-state index in [-0.39, 0.29) is 12.3 Å². The van der Waals surface area contributed by atoms with Crippen LogP contribution in [0.5, 0.6) is 11.5 Å². The zero-order valence-corrected chi connectivity index (χ0v) is 20.0. The van der Waals surface area contributed by atoms with Crippen LogP contribution in [0, 0.1) is 0 Å². The molecule has 0 aliphatic carbocycles. The average molecular weight is 496 g/mol. The van der Waals surface area contributed by atoms with Crippen LogP contribution in [0.3, 0.4) is 0 Å². The van der Waals surface area contributed by atoms with E-state index in [2.05, 4.69) is 4.98 Å². The predicted octanol–water partition coefficient (Wildman–Crippen LogP) is 7.41. The van der Waals surface area contributed by atoms with Crippen LogP contribution in [-0.2, 0) is 13.2 Å². The number of pyridine rings is 1. The molecule has 0 saturated carbocycles. The maximum atomic E-state index is 11.9. The Morgan fingerprint density at radius 1 is 0.722 bits per heavy atom. The molecule has 0 saturated heterocycles. The van der Waals surface area contributed by atoms with Gasteiger partial charge in [0, 0.05) is 16.5 Å². The second-order valence-corrected chi connectivity index (χ2v) is 8.68. The number of aromatic carboxylic acids is 1. The Morgan fingerprint density at radius 2 is 1.36 bits per heavy atom. The maximum Gasteiger partial charge on any atom is 0.354 e. The number of aromatic nitrogens is 1. The summed E-state index contributed by atoms with van der Waals surface area (Å²) in [5.41, 5.74) is 3.98. The number of fused-ring (bicyclic) bond motifs is 1. The lowest BCUT2D eigenvalue weighted by Crippen LogP contribution is -2.05. The summed E-state index contributed by atoms with van der Waals surface area (Å²) in [6, 6.07) is 32.2. The minimum Gasteiger partial charge on any atom is -0.488 e. The Morgan fingerprint density at radius 3 is 1.97 bits per heavy atom. The van der Waals surface area contributed by atoms with Crippen LogP contribution in [0.1, 0.15) is 21.6 Å². The lowest BCUT2D eigenvalue weighted by atomic mass is 10.0. The molecule has 1 aromatic heterocycles. The minimum absolute atomic E-state index is 0.120. The van der Waals surface area contributed by atoms with Crippen LogP contribution in [0.4, 0.5) is 0 Å². The molecule has 6 heteroatoms. The van der Waals surface area contributed by atoms with Crippen molar-refractivity contribution < 1.29 is 19.4 Å². The summed E-state index contributed by atoms with van der Waals surface area (Å²) in [4.78, 5) is 16.3. The van der Waals surface area contributed by atoms with E-state index in [0.29, 0.717) is 34.0 Å². The van der Waals surface area contributed by atoms with Crippen LogP contribution in [-0.4, -0.2) is 16.1 Å². The summed E-state index contributed by atoms with van der Waals surface area (Å²) >= 11 is 6.26. The predicted molar refractivity (Wildman–Crippen MR) is 141 cm³/mol. The van der Waals surface area contributed by atoms with Crippen molar-refractivity contribution in [3.63, 3.8) is 0 Å². The van der Waals surface area contributed by atoms with Gasteiger partial charge in [-0.15, -0.1) is 0 Å². The molecule has 178 valence electrons. The van der Waals surface area contributed by atoms with Gasteiger partial charge >= 0.3 is 5.97 Å². The summed E-state index contributed by atoms with van der Waals surface area (Å²) < 4.78 is 12.3. The lowest BCUT2D eigenvalue weighted by Gasteiger charge is -2.16. The highest BCUT2D eigenvalue weighted by atomic mass is 35.5. The molecule has 0 aliphatic rings. The molecule has 0 bridgehead atoms. The molecule has 0 radical (unpaired) electrons. The molecule has 0 fully saturated rings. The molecule has 5 aromatic rings. The summed E-state index contributed by atoms with van der Waals surface area (Å²) in [7, 11) is 0. The first kappa shape index (κ1) is 23.4. The molecule has 0 unspecified atom stereocenters. The van der Waals surface area contributed by atoms with Crippen LogP contribution in [0.25, 0.3) is 22.0 Å². The van der Waals surface area contributed by atoms with Gasteiger partial charge in [-0.2, -0.15) is 0 Å². The number of carbonyl (C=O) groups is 1. The van der Waals surface area contributed by atoms with E-state index in [1.54, 1.807) is 0 Å². The van der Waals surface area contributed by atoms with Gasteiger partial charge in [0.1, 0.15) is 30.2 Å². The molecular weight excluding hydrogens is 474 g/mol. The van der Waals surface area contributed by atoms with E-state index in [4.69, 9.17) is 21.1 Å². The van der Waals surface area contributed by atoms with Crippen LogP contribution < -0.4 is 9.47 Å². The number of rotatable bonds is 8. The highest BCUT2D eigenvalue weighted by Crippen LogP contribution is 2.38. The smallest absolute Gasteiger partial charge is 0.354 e. The normalized spacial score (nSPS) is 10.8. The number of benzene rings is 4. The third kappa shape index (κ3) is 5.32. The summed E-state index contributed by atoms with van der Waals surface area (Å²) in [5, 5.41) is 11.0. The zero-order chi connectivity index (χ0) is 24.9. The Balaban J connectivity index is 1.65. The summed E-state index contributed by atoms with van der Waals surface area (Å²) in [6.07, 6.45) is 0. The third-order valence-corrected chi connectivity index (χ3v) is 5.93. The van der Waals surface area contributed by atoms with Crippen molar-refractivity contribution in [2.75, 3.05) is 0 Å². The highest BCUT2D eigenvalue weighted by molar-refractivity contribution is 6.30. The highest BCUT2D eigenvalue weighted by Gasteiger charge is 2.18. The SMILES string of the molecule is O=C(O)c1cc(OCc2ccccc2)c2cc(-c3cccc(Cl)c3)cc(OCc3ccccc3)c2n1. The topological polar surface area (TPSA) is 68.7 Å². The van der Waals surface area contributed by atoms with E-state index >= 15 is 0 Å². The van der Waals surface area contributed by atoms with Gasteiger partial charge in [-0.3, -0.25) is 0 Å². The molecule has 36 heavy (non-hydrogen) atoms. The molecule has 0 spiro atoms. The third-order valence-electron chi connectivity index (χ3n) is 5.69. The first-order valence-corrected chi connectivity index (χ1v) is 11.8. The van der Waals surface area contributed by atoms with Gasteiger partial charge < -0.3 is 14.6 Å². The molecule has 1 heterocycles. The van der Waals surface area contributed by atoms with Crippen molar-refractivity contribution >= 4 is 28.5 Å². The second kappa shape index (κ2) is 10.5. The van der Waals surface area contributed by atoms with E-state index in [1.165, 1.54) is 6.07 Å². The summed E-state index contributed by atoms with van der Waals surface area (Å²) in [6.45, 7) is 0.578. The maximum absolute atomic E-state index is 11.9. The van der Waals surface area contributed by atoms with Gasteiger partial charge in [0.25, 0.3) is 0 Å². The fraction of sp³-hybridized carbons (Fsp3) is 0.0667. The minimum atomic E-state index is -1.14. The molecule has 0 amide bonds. The van der Waals surface area contributed by atoms with Crippen LogP contribution >= 0.6 is 11.6 Å². The molecular formula is C30H22ClNO4. The quantitative estimate of drug-likeness (QED) is 0.243. The van der Waals surface area contributed by atoms with Crippen LogP contribution in [0.2, 0.25) is 5.02 Å². The fourth-order valence-electron chi connectivity index (χ4n) is 3.91. The Labute approximate surface area is 213 Å². The molecule has 1 N–H and O–H groups in total. The number of ether oxygens (including phenoxy) is 2. The molecule has 5 nitrogen and oxygen atoms in total. The van der Waals surface area contributed by atoms with Crippen molar-refractivity contribution in [1.29, 1.82) is 0 Å². The molecule has 0 atom stereocenters. The molecule has 4 aromatic carbocycles. The van der Waals surface area contributed by atoms with Crippen molar-refractivity contribution in [3.8, 4) is 22.6 Å². The van der Waals surface area contributed by atoms with E-state index < -0.39 is 5.97 Å². The summed E-state index contributed by atoms with van der Waals surface area (Å²) in [5.74, 6) is -0.275. The number of hydrogen-bond donors (Lipinski definition) is 1. The number of carboxylic acid groups (broad SMARTS) is 1. The van der Waals surface area contributed by atoms with Crippen molar-refractivity contribution in [2.24, 2.45) is 0 Å². The van der Waals surface area contributed by atoms with Gasteiger partial charge in [0.05, 0.1) is 0 Å². The monoisotopic (exact) mass is 495 g/mol. The lowest BCUT2D eigenvalue weighted by molar-refractivity contribution is 0.0690. The van der Waals surface area contributed by atoms with Gasteiger partial charge in [-0.1, -0.05) is 84.4 Å². The number of nitrogens with zero attached hydrogens (tertiary/aromatic N) is 1. The van der Waals surface area contributed by atoms with Crippen LogP contribution in [0.15, 0.2) is 103 Å². The second-order valence-electron chi connectivity index (χ2n) is 8.24. The number of halogens is 1. The number of carboxylic acids is 1. The van der Waals surface area contributed by atoms with E-state index in [0.717, 1.165) is 22.3 Å². The van der Waals surface area contributed by atoms with Crippen molar-refractivity contribution in [3.05, 3.63) is 125 Å². The van der Waals surface area contributed by atoms with Gasteiger partial charge in [0.2, 0.25) is 0 Å². The van der Waals surface area contributed by atoms with E-state index in [9.17, 15) is 9.90 Å². The Bertz CT molecular complexity index is 1520. The zero-order valence-electron chi connectivity index (χ0n) is 19.2. The van der Waals surface area contributed by atoms with Gasteiger partial charge in [0.15, 0.2) is 5.69 Å². The average Bonchev–Trinajstić information content (AvgIpc) is 2.91. The van der Waals surface area contributed by atoms with Crippen molar-refractivity contribution in [1.82, 2.24) is 4.98 Å². The fourth-order valence-corrected chi connectivity index (χ4v) is 4.10. The van der Waals surface area contributed by atoms with Crippen molar-refractivity contribution in [2.45, 2.75) is 13.2 Å². The van der Waals surface area contributed by atoms with Gasteiger partial charge in [-0.05, 0) is 46.5 Å². The Hall–Kier alpha value is -4.35. The first-order chi connectivity index (χ1) is 17.6. The van der Waals surface area contributed by atoms with E-state index in [1.807, 2.05) is 97.1 Å². The number of hydrogen-bond acceptors (Lipinski definition) is 4. The molecule has 0 aliphatic heterocycles. The molecule has 5 rings (SSSR count). The first-order valence-electron chi connectivity index (χ1n) is 11.4.